The second kappa shape index (κ2) is 6.02. The van der Waals surface area contributed by atoms with Crippen LogP contribution in [0.4, 0.5) is 10.5 Å². The van der Waals surface area contributed by atoms with E-state index in [0.717, 1.165) is 0 Å². The highest BCUT2D eigenvalue weighted by atomic mass is 32.2. The second-order valence-corrected chi connectivity index (χ2v) is 6.99. The van der Waals surface area contributed by atoms with Crippen molar-refractivity contribution >= 4 is 21.7 Å². The fraction of sp³-hybridized carbons (Fsp3) is 0.667. The molecule has 1 aliphatic heterocycles. The number of piperidine rings is 1. The van der Waals surface area contributed by atoms with Crippen molar-refractivity contribution in [3.05, 3.63) is 11.5 Å². The number of hydrogen-bond donors (Lipinski definition) is 2. The Bertz CT molecular complexity index is 625. The van der Waals surface area contributed by atoms with Gasteiger partial charge in [-0.1, -0.05) is 12.1 Å². The standard InChI is InChI=1S/C12H20N4O4S/c1-3-10-11(8(2)15-20-10)14-12(17)16-6-4-5-9(7-16)21(13,18)19/h9H,3-7H2,1-2H3,(H,14,17)(H2,13,18,19). The molecule has 1 aromatic heterocycles. The molecule has 1 saturated heterocycles. The molecule has 0 bridgehead atoms. The molecule has 8 nitrogen and oxygen atoms in total. The highest BCUT2D eigenvalue weighted by Gasteiger charge is 2.31. The summed E-state index contributed by atoms with van der Waals surface area (Å²) in [6, 6.07) is -0.357. The second-order valence-electron chi connectivity index (χ2n) is 5.15. The summed E-state index contributed by atoms with van der Waals surface area (Å²) >= 11 is 0. The molecule has 1 unspecified atom stereocenters. The number of nitrogens with zero attached hydrogens (tertiary/aromatic N) is 2. The lowest BCUT2D eigenvalue weighted by molar-refractivity contribution is 0.200. The van der Waals surface area contributed by atoms with E-state index in [1.54, 1.807) is 6.92 Å². The van der Waals surface area contributed by atoms with E-state index < -0.39 is 15.3 Å². The Morgan fingerprint density at radius 3 is 2.90 bits per heavy atom. The number of aryl methyl sites for hydroxylation is 2. The predicted octanol–water partition coefficient (Wildman–Crippen LogP) is 0.830. The number of nitrogens with one attached hydrogen (secondary N) is 1. The molecule has 3 N–H and O–H groups in total. The minimum atomic E-state index is -3.63. The van der Waals surface area contributed by atoms with E-state index in [4.69, 9.17) is 9.66 Å². The summed E-state index contributed by atoms with van der Waals surface area (Å²) in [6.07, 6.45) is 1.70. The average molecular weight is 316 g/mol. The van der Waals surface area contributed by atoms with Gasteiger partial charge in [0.2, 0.25) is 10.0 Å². The first-order chi connectivity index (χ1) is 9.82. The molecular formula is C12H20N4O4S. The van der Waals surface area contributed by atoms with Gasteiger partial charge in [-0.25, -0.2) is 18.4 Å². The summed E-state index contributed by atoms with van der Waals surface area (Å²) in [6.45, 7) is 4.25. The van der Waals surface area contributed by atoms with Gasteiger partial charge < -0.3 is 14.7 Å². The molecular weight excluding hydrogens is 296 g/mol. The molecule has 1 atom stereocenters. The molecule has 1 fully saturated rings. The number of anilines is 1. The molecule has 21 heavy (non-hydrogen) atoms. The summed E-state index contributed by atoms with van der Waals surface area (Å²) in [5, 5.41) is 11.0. The summed E-state index contributed by atoms with van der Waals surface area (Å²) in [5.41, 5.74) is 1.15. The largest absolute Gasteiger partial charge is 0.359 e. The van der Waals surface area contributed by atoms with Gasteiger partial charge in [0.15, 0.2) is 5.76 Å². The van der Waals surface area contributed by atoms with E-state index in [1.807, 2.05) is 6.92 Å². The van der Waals surface area contributed by atoms with Crippen LogP contribution < -0.4 is 10.5 Å². The number of sulfonamides is 1. The van der Waals surface area contributed by atoms with Crippen molar-refractivity contribution in [1.82, 2.24) is 10.1 Å². The average Bonchev–Trinajstić information content (AvgIpc) is 2.79. The van der Waals surface area contributed by atoms with Crippen molar-refractivity contribution in [3.8, 4) is 0 Å². The van der Waals surface area contributed by atoms with Gasteiger partial charge in [0.25, 0.3) is 0 Å². The lowest BCUT2D eigenvalue weighted by Crippen LogP contribution is -2.48. The topological polar surface area (TPSA) is 119 Å². The number of hydrogen-bond acceptors (Lipinski definition) is 5. The van der Waals surface area contributed by atoms with Crippen molar-refractivity contribution in [1.29, 1.82) is 0 Å². The lowest BCUT2D eigenvalue weighted by atomic mass is 10.1. The SMILES string of the molecule is CCc1onc(C)c1NC(=O)N1CCCC(S(N)(=O)=O)C1. The van der Waals surface area contributed by atoms with E-state index in [-0.39, 0.29) is 12.6 Å². The minimum Gasteiger partial charge on any atom is -0.359 e. The van der Waals surface area contributed by atoms with Gasteiger partial charge in [0, 0.05) is 19.5 Å². The van der Waals surface area contributed by atoms with Crippen LogP contribution in [-0.4, -0.2) is 42.8 Å². The Labute approximate surface area is 123 Å². The van der Waals surface area contributed by atoms with Gasteiger partial charge in [-0.2, -0.15) is 0 Å². The number of urea groups is 1. The molecule has 1 aliphatic rings. The normalized spacial score (nSPS) is 19.6. The highest BCUT2D eigenvalue weighted by molar-refractivity contribution is 7.89. The predicted molar refractivity (Wildman–Crippen MR) is 77.3 cm³/mol. The third-order valence-electron chi connectivity index (χ3n) is 3.62. The Balaban J connectivity index is 2.08. The van der Waals surface area contributed by atoms with Crippen LogP contribution in [-0.2, 0) is 16.4 Å². The van der Waals surface area contributed by atoms with E-state index in [2.05, 4.69) is 10.5 Å². The zero-order chi connectivity index (χ0) is 15.6. The van der Waals surface area contributed by atoms with Crippen LogP contribution >= 0.6 is 0 Å². The summed E-state index contributed by atoms with van der Waals surface area (Å²) in [7, 11) is -3.63. The number of amides is 2. The maximum Gasteiger partial charge on any atom is 0.322 e. The number of likely N-dealkylation sites (tertiary alicyclic amines) is 1. The molecule has 1 aromatic rings. The maximum absolute atomic E-state index is 12.3. The fourth-order valence-corrected chi connectivity index (χ4v) is 3.28. The van der Waals surface area contributed by atoms with E-state index >= 15 is 0 Å². The van der Waals surface area contributed by atoms with Crippen LogP contribution in [0.1, 0.15) is 31.2 Å². The van der Waals surface area contributed by atoms with Gasteiger partial charge in [-0.15, -0.1) is 0 Å². The number of rotatable bonds is 3. The molecule has 0 spiro atoms. The zero-order valence-corrected chi connectivity index (χ0v) is 12.9. The van der Waals surface area contributed by atoms with Crippen LogP contribution in [0.2, 0.25) is 0 Å². The van der Waals surface area contributed by atoms with Crippen LogP contribution in [0.5, 0.6) is 0 Å². The number of carbonyl (C=O) groups excluding carboxylic acids is 1. The minimum absolute atomic E-state index is 0.108. The van der Waals surface area contributed by atoms with Crippen molar-refractivity contribution in [2.75, 3.05) is 18.4 Å². The Kier molecular flexibility index (Phi) is 4.52. The first kappa shape index (κ1) is 15.8. The monoisotopic (exact) mass is 316 g/mol. The van der Waals surface area contributed by atoms with Gasteiger partial charge >= 0.3 is 6.03 Å². The zero-order valence-electron chi connectivity index (χ0n) is 12.1. The molecule has 2 rings (SSSR count). The van der Waals surface area contributed by atoms with Crippen molar-refractivity contribution in [2.45, 2.75) is 38.4 Å². The first-order valence-corrected chi connectivity index (χ1v) is 8.46. The number of nitrogens with two attached hydrogens (primary N) is 1. The third kappa shape index (κ3) is 3.53. The molecule has 0 aliphatic carbocycles. The summed E-state index contributed by atoms with van der Waals surface area (Å²) in [4.78, 5) is 13.7. The number of primary sulfonamides is 1. The number of carbonyl (C=O) groups is 1. The smallest absolute Gasteiger partial charge is 0.322 e. The van der Waals surface area contributed by atoms with Crippen LogP contribution in [0.3, 0.4) is 0 Å². The lowest BCUT2D eigenvalue weighted by Gasteiger charge is -2.31. The van der Waals surface area contributed by atoms with Crippen LogP contribution in [0.25, 0.3) is 0 Å². The van der Waals surface area contributed by atoms with E-state index in [1.165, 1.54) is 4.90 Å². The van der Waals surface area contributed by atoms with Gasteiger partial charge in [-0.3, -0.25) is 0 Å². The molecule has 9 heteroatoms. The van der Waals surface area contributed by atoms with E-state index in [0.29, 0.717) is 42.9 Å². The molecule has 118 valence electrons. The summed E-state index contributed by atoms with van der Waals surface area (Å²) in [5.74, 6) is 0.598. The Hall–Kier alpha value is -1.61. The Morgan fingerprint density at radius 2 is 2.29 bits per heavy atom. The van der Waals surface area contributed by atoms with Gasteiger partial charge in [0.1, 0.15) is 11.4 Å². The Morgan fingerprint density at radius 1 is 1.57 bits per heavy atom. The molecule has 0 radical (unpaired) electrons. The van der Waals surface area contributed by atoms with E-state index in [9.17, 15) is 13.2 Å². The fourth-order valence-electron chi connectivity index (χ4n) is 2.39. The molecule has 0 aromatic carbocycles. The van der Waals surface area contributed by atoms with Gasteiger partial charge in [0.05, 0.1) is 5.25 Å². The summed E-state index contributed by atoms with van der Waals surface area (Å²) < 4.78 is 27.9. The van der Waals surface area contributed by atoms with Crippen molar-refractivity contribution in [2.24, 2.45) is 5.14 Å². The van der Waals surface area contributed by atoms with Crippen molar-refractivity contribution < 1.29 is 17.7 Å². The first-order valence-electron chi connectivity index (χ1n) is 6.85. The van der Waals surface area contributed by atoms with Crippen LogP contribution in [0, 0.1) is 6.92 Å². The molecule has 2 amide bonds. The number of aromatic nitrogens is 1. The highest BCUT2D eigenvalue weighted by Crippen LogP contribution is 2.22. The molecule has 0 saturated carbocycles. The van der Waals surface area contributed by atoms with Gasteiger partial charge in [-0.05, 0) is 19.8 Å². The van der Waals surface area contributed by atoms with Crippen LogP contribution in [0.15, 0.2) is 4.52 Å². The van der Waals surface area contributed by atoms with Crippen molar-refractivity contribution in [3.63, 3.8) is 0 Å². The quantitative estimate of drug-likeness (QED) is 0.856. The third-order valence-corrected chi connectivity index (χ3v) is 4.93. The maximum atomic E-state index is 12.3. The molecule has 2 heterocycles.